The second-order valence-electron chi connectivity index (χ2n) is 6.79. The largest absolute Gasteiger partial charge is 0.378 e. The molecular formula is C22H20N4O4. The molecule has 1 aromatic heterocycles. The van der Waals surface area contributed by atoms with Crippen molar-refractivity contribution in [3.63, 3.8) is 0 Å². The number of non-ortho nitro benzene ring substituents is 1. The van der Waals surface area contributed by atoms with Gasteiger partial charge in [-0.3, -0.25) is 14.9 Å². The van der Waals surface area contributed by atoms with E-state index in [0.717, 1.165) is 5.69 Å². The number of hydrogen-bond donors (Lipinski definition) is 0. The minimum atomic E-state index is -0.435. The van der Waals surface area contributed by atoms with E-state index in [1.807, 2.05) is 36.5 Å². The lowest BCUT2D eigenvalue weighted by molar-refractivity contribution is -0.384. The molecule has 0 spiro atoms. The Labute approximate surface area is 173 Å². The van der Waals surface area contributed by atoms with Gasteiger partial charge in [0.25, 0.3) is 5.69 Å². The number of rotatable bonds is 5. The molecule has 1 aliphatic heterocycles. The highest BCUT2D eigenvalue weighted by Crippen LogP contribution is 2.27. The van der Waals surface area contributed by atoms with Crippen LogP contribution in [0.25, 0.3) is 23.0 Å². The molecule has 0 bridgehead atoms. The molecule has 4 rings (SSSR count). The number of para-hydroxylation sites is 1. The van der Waals surface area contributed by atoms with Crippen LogP contribution in [0, 0.1) is 10.1 Å². The van der Waals surface area contributed by atoms with Crippen LogP contribution in [0.5, 0.6) is 0 Å². The summed E-state index contributed by atoms with van der Waals surface area (Å²) in [5.74, 6) is -0.101. The molecule has 2 aromatic carbocycles. The molecule has 8 heteroatoms. The zero-order valence-corrected chi connectivity index (χ0v) is 16.2. The van der Waals surface area contributed by atoms with Gasteiger partial charge >= 0.3 is 0 Å². The van der Waals surface area contributed by atoms with Gasteiger partial charge in [-0.2, -0.15) is 5.10 Å². The summed E-state index contributed by atoms with van der Waals surface area (Å²) in [6, 6.07) is 15.9. The summed E-state index contributed by atoms with van der Waals surface area (Å²) in [6.45, 7) is 2.18. The summed E-state index contributed by atoms with van der Waals surface area (Å²) >= 11 is 0. The maximum atomic E-state index is 12.5. The molecule has 1 fully saturated rings. The van der Waals surface area contributed by atoms with Crippen molar-refractivity contribution in [2.75, 3.05) is 26.3 Å². The number of carbonyl (C=O) groups excluding carboxylic acids is 1. The molecule has 8 nitrogen and oxygen atoms in total. The van der Waals surface area contributed by atoms with Crippen LogP contribution in [0.4, 0.5) is 5.69 Å². The molecule has 1 amide bonds. The van der Waals surface area contributed by atoms with Crippen molar-refractivity contribution in [2.24, 2.45) is 0 Å². The van der Waals surface area contributed by atoms with Crippen molar-refractivity contribution in [1.82, 2.24) is 14.7 Å². The zero-order chi connectivity index (χ0) is 20.9. The average molecular weight is 404 g/mol. The van der Waals surface area contributed by atoms with E-state index in [2.05, 4.69) is 5.10 Å². The predicted molar refractivity (Wildman–Crippen MR) is 112 cm³/mol. The van der Waals surface area contributed by atoms with Crippen LogP contribution in [-0.2, 0) is 9.53 Å². The second kappa shape index (κ2) is 8.71. The molecule has 30 heavy (non-hydrogen) atoms. The van der Waals surface area contributed by atoms with Gasteiger partial charge in [0.1, 0.15) is 5.69 Å². The SMILES string of the molecule is O=C(C=Cc1cn(-c2ccccc2)nc1-c1cccc([N+](=O)[O-])c1)N1CCOCC1. The fraction of sp³-hybridized carbons (Fsp3) is 0.182. The van der Waals surface area contributed by atoms with E-state index < -0.39 is 4.92 Å². The molecule has 1 aliphatic rings. The van der Waals surface area contributed by atoms with Crippen LogP contribution >= 0.6 is 0 Å². The number of hydrogen-bond acceptors (Lipinski definition) is 5. The molecule has 152 valence electrons. The first-order chi connectivity index (χ1) is 14.6. The summed E-state index contributed by atoms with van der Waals surface area (Å²) in [5, 5.41) is 15.8. The summed E-state index contributed by atoms with van der Waals surface area (Å²) in [4.78, 5) is 25.0. The third-order valence-corrected chi connectivity index (χ3v) is 4.82. The lowest BCUT2D eigenvalue weighted by Crippen LogP contribution is -2.39. The molecule has 0 unspecified atom stereocenters. The van der Waals surface area contributed by atoms with Gasteiger partial charge in [-0.1, -0.05) is 30.3 Å². The Bertz CT molecular complexity index is 1090. The van der Waals surface area contributed by atoms with Crippen molar-refractivity contribution in [3.8, 4) is 16.9 Å². The van der Waals surface area contributed by atoms with Gasteiger partial charge < -0.3 is 9.64 Å². The normalized spacial score (nSPS) is 14.2. The van der Waals surface area contributed by atoms with Gasteiger partial charge in [0, 0.05) is 48.6 Å². The Kier molecular flexibility index (Phi) is 5.67. The number of ether oxygens (including phenoxy) is 1. The van der Waals surface area contributed by atoms with E-state index in [0.29, 0.717) is 43.1 Å². The lowest BCUT2D eigenvalue weighted by atomic mass is 10.1. The van der Waals surface area contributed by atoms with Gasteiger partial charge in [-0.15, -0.1) is 0 Å². The number of morpholine rings is 1. The maximum absolute atomic E-state index is 12.5. The molecule has 1 saturated heterocycles. The summed E-state index contributed by atoms with van der Waals surface area (Å²) in [5.41, 5.74) is 2.70. The van der Waals surface area contributed by atoms with Gasteiger partial charge in [-0.05, 0) is 18.2 Å². The van der Waals surface area contributed by atoms with Crippen LogP contribution in [0.15, 0.2) is 66.9 Å². The van der Waals surface area contributed by atoms with Gasteiger partial charge in [0.2, 0.25) is 5.91 Å². The van der Waals surface area contributed by atoms with Crippen LogP contribution in [-0.4, -0.2) is 51.8 Å². The van der Waals surface area contributed by atoms with E-state index in [4.69, 9.17) is 4.74 Å². The van der Waals surface area contributed by atoms with Gasteiger partial charge in [0.05, 0.1) is 23.8 Å². The molecule has 3 aromatic rings. The second-order valence-corrected chi connectivity index (χ2v) is 6.79. The zero-order valence-electron chi connectivity index (χ0n) is 16.2. The standard InChI is InChI=1S/C22H20N4O4/c27-21(24-11-13-30-14-12-24)10-9-18-16-25(19-6-2-1-3-7-19)23-22(18)17-5-4-8-20(15-17)26(28)29/h1-10,15-16H,11-14H2. The van der Waals surface area contributed by atoms with E-state index >= 15 is 0 Å². The molecule has 2 heterocycles. The Morgan fingerprint density at radius 3 is 2.60 bits per heavy atom. The van der Waals surface area contributed by atoms with Crippen molar-refractivity contribution >= 4 is 17.7 Å². The highest BCUT2D eigenvalue weighted by molar-refractivity contribution is 5.93. The quantitative estimate of drug-likeness (QED) is 0.370. The van der Waals surface area contributed by atoms with E-state index in [-0.39, 0.29) is 11.6 Å². The highest BCUT2D eigenvalue weighted by atomic mass is 16.6. The maximum Gasteiger partial charge on any atom is 0.270 e. The Hall–Kier alpha value is -3.78. The molecule has 0 radical (unpaired) electrons. The van der Waals surface area contributed by atoms with Crippen molar-refractivity contribution in [2.45, 2.75) is 0 Å². The van der Waals surface area contributed by atoms with Crippen LogP contribution in [0.3, 0.4) is 0 Å². The Morgan fingerprint density at radius 2 is 1.87 bits per heavy atom. The predicted octanol–water partition coefficient (Wildman–Crippen LogP) is 3.32. The molecule has 0 N–H and O–H groups in total. The van der Waals surface area contributed by atoms with E-state index in [9.17, 15) is 14.9 Å². The number of nitro groups is 1. The average Bonchev–Trinajstić information content (AvgIpc) is 3.23. The van der Waals surface area contributed by atoms with Gasteiger partial charge in [0.15, 0.2) is 0 Å². The molecule has 0 atom stereocenters. The van der Waals surface area contributed by atoms with Crippen LogP contribution in [0.1, 0.15) is 5.56 Å². The third kappa shape index (κ3) is 4.28. The number of carbonyl (C=O) groups is 1. The van der Waals surface area contributed by atoms with E-state index in [1.165, 1.54) is 18.2 Å². The Balaban J connectivity index is 1.71. The summed E-state index contributed by atoms with van der Waals surface area (Å²) in [6.07, 6.45) is 5.03. The monoisotopic (exact) mass is 404 g/mol. The first-order valence-corrected chi connectivity index (χ1v) is 9.56. The molecule has 0 saturated carbocycles. The first-order valence-electron chi connectivity index (χ1n) is 9.56. The smallest absolute Gasteiger partial charge is 0.270 e. The van der Waals surface area contributed by atoms with Crippen LogP contribution in [0.2, 0.25) is 0 Å². The molecule has 0 aliphatic carbocycles. The molecular weight excluding hydrogens is 384 g/mol. The Morgan fingerprint density at radius 1 is 1.10 bits per heavy atom. The number of nitro benzene ring substituents is 1. The fourth-order valence-electron chi connectivity index (χ4n) is 3.26. The number of benzene rings is 2. The van der Waals surface area contributed by atoms with Crippen LogP contribution < -0.4 is 0 Å². The first kappa shape index (κ1) is 19.5. The minimum Gasteiger partial charge on any atom is -0.378 e. The number of amides is 1. The van der Waals surface area contributed by atoms with E-state index in [1.54, 1.807) is 27.8 Å². The lowest BCUT2D eigenvalue weighted by Gasteiger charge is -2.25. The highest BCUT2D eigenvalue weighted by Gasteiger charge is 2.16. The van der Waals surface area contributed by atoms with Crippen molar-refractivity contribution < 1.29 is 14.5 Å². The fourth-order valence-corrected chi connectivity index (χ4v) is 3.26. The number of aromatic nitrogens is 2. The minimum absolute atomic E-state index is 0.0129. The summed E-state index contributed by atoms with van der Waals surface area (Å²) in [7, 11) is 0. The topological polar surface area (TPSA) is 90.5 Å². The third-order valence-electron chi connectivity index (χ3n) is 4.82. The summed E-state index contributed by atoms with van der Waals surface area (Å²) < 4.78 is 6.99. The van der Waals surface area contributed by atoms with Gasteiger partial charge in [-0.25, -0.2) is 4.68 Å². The van der Waals surface area contributed by atoms with Crippen molar-refractivity contribution in [3.05, 3.63) is 82.5 Å². The van der Waals surface area contributed by atoms with Crippen molar-refractivity contribution in [1.29, 1.82) is 0 Å². The number of nitrogens with zero attached hydrogens (tertiary/aromatic N) is 4.